The molecule has 0 spiro atoms. The third-order valence-electron chi connectivity index (χ3n) is 2.89. The van der Waals surface area contributed by atoms with Crippen molar-refractivity contribution in [3.05, 3.63) is 44.9 Å². The highest BCUT2D eigenvalue weighted by molar-refractivity contribution is 14.1. The van der Waals surface area contributed by atoms with Gasteiger partial charge >= 0.3 is 0 Å². The number of aromatic nitrogens is 2. The second kappa shape index (κ2) is 5.11. The van der Waals surface area contributed by atoms with Gasteiger partial charge in [-0.1, -0.05) is 32.9 Å². The largest absolute Gasteiger partial charge is 0.383 e. The Morgan fingerprint density at radius 3 is 2.32 bits per heavy atom. The lowest BCUT2D eigenvalue weighted by Gasteiger charge is -2.15. The maximum atomic E-state index is 12.9. The van der Waals surface area contributed by atoms with Crippen molar-refractivity contribution in [2.24, 2.45) is 0 Å². The van der Waals surface area contributed by atoms with Crippen LogP contribution in [0.15, 0.2) is 24.3 Å². The van der Waals surface area contributed by atoms with Crippen LogP contribution in [0.4, 0.5) is 10.2 Å². The average molecular weight is 373 g/mol. The van der Waals surface area contributed by atoms with Gasteiger partial charge in [0.25, 0.3) is 0 Å². The summed E-state index contributed by atoms with van der Waals surface area (Å²) in [6, 6.07) is 6.40. The molecule has 0 aliphatic carbocycles. The lowest BCUT2D eigenvalue weighted by Crippen LogP contribution is -2.14. The third-order valence-corrected chi connectivity index (χ3v) is 3.95. The maximum absolute atomic E-state index is 12.9. The quantitative estimate of drug-likeness (QED) is 0.819. The molecule has 0 fully saturated rings. The van der Waals surface area contributed by atoms with Gasteiger partial charge in [0.1, 0.15) is 11.6 Å². The van der Waals surface area contributed by atoms with E-state index in [1.807, 2.05) is 0 Å². The van der Waals surface area contributed by atoms with Crippen molar-refractivity contribution in [2.45, 2.75) is 32.7 Å². The first-order chi connectivity index (χ1) is 8.79. The molecule has 0 saturated carbocycles. The van der Waals surface area contributed by atoms with Crippen LogP contribution in [0.3, 0.4) is 0 Å². The summed E-state index contributed by atoms with van der Waals surface area (Å²) in [5.41, 5.74) is 8.03. The lowest BCUT2D eigenvalue weighted by molar-refractivity contribution is 0.544. The van der Waals surface area contributed by atoms with E-state index in [2.05, 4.69) is 48.5 Å². The molecule has 0 amide bonds. The van der Waals surface area contributed by atoms with E-state index in [9.17, 15) is 4.39 Å². The summed E-state index contributed by atoms with van der Waals surface area (Å²) in [6.07, 6.45) is 0. The van der Waals surface area contributed by atoms with Gasteiger partial charge in [-0.2, -0.15) is 5.10 Å². The molecule has 1 aromatic heterocycles. The monoisotopic (exact) mass is 373 g/mol. The number of nitrogens with two attached hydrogens (primary N) is 1. The first-order valence-corrected chi connectivity index (χ1v) is 7.13. The Bertz CT molecular complexity index is 582. The predicted octanol–water partition coefficient (Wildman–Crippen LogP) is 3.55. The zero-order valence-electron chi connectivity index (χ0n) is 11.2. The maximum Gasteiger partial charge on any atom is 0.135 e. The summed E-state index contributed by atoms with van der Waals surface area (Å²) in [5, 5.41) is 4.59. The Kier molecular flexibility index (Phi) is 3.85. The van der Waals surface area contributed by atoms with E-state index < -0.39 is 0 Å². The Balaban J connectivity index is 2.34. The van der Waals surface area contributed by atoms with Gasteiger partial charge in [-0.15, -0.1) is 0 Å². The van der Waals surface area contributed by atoms with E-state index in [-0.39, 0.29) is 11.2 Å². The summed E-state index contributed by atoms with van der Waals surface area (Å²) in [5.74, 6) is 0.428. The van der Waals surface area contributed by atoms with Crippen molar-refractivity contribution < 1.29 is 4.39 Å². The number of hydrogen-bond donors (Lipinski definition) is 1. The highest BCUT2D eigenvalue weighted by atomic mass is 127. The van der Waals surface area contributed by atoms with E-state index >= 15 is 0 Å². The third kappa shape index (κ3) is 3.08. The molecule has 102 valence electrons. The molecule has 0 saturated heterocycles. The van der Waals surface area contributed by atoms with Crippen LogP contribution < -0.4 is 5.73 Å². The Hall–Kier alpha value is -1.11. The fourth-order valence-electron chi connectivity index (χ4n) is 1.82. The second-order valence-corrected chi connectivity index (χ2v) is 6.66. The summed E-state index contributed by atoms with van der Waals surface area (Å²) < 4.78 is 15.6. The number of halogens is 2. The van der Waals surface area contributed by atoms with Gasteiger partial charge < -0.3 is 5.73 Å². The molecule has 19 heavy (non-hydrogen) atoms. The van der Waals surface area contributed by atoms with Gasteiger partial charge in [0.15, 0.2) is 0 Å². The lowest BCUT2D eigenvalue weighted by atomic mass is 9.92. The molecule has 0 atom stereocenters. The standard InChI is InChI=1S/C14H17FIN3/c1-14(2,3)12-11(16)13(17)19(18-12)8-9-4-6-10(15)7-5-9/h4-7H,8,17H2,1-3H3. The van der Waals surface area contributed by atoms with Crippen molar-refractivity contribution in [1.29, 1.82) is 0 Å². The Labute approximate surface area is 126 Å². The molecule has 0 aliphatic heterocycles. The molecule has 2 aromatic rings. The molecular weight excluding hydrogens is 356 g/mol. The Morgan fingerprint density at radius 1 is 1.26 bits per heavy atom. The number of hydrogen-bond acceptors (Lipinski definition) is 2. The fraction of sp³-hybridized carbons (Fsp3) is 0.357. The fourth-order valence-corrected chi connectivity index (χ4v) is 3.01. The van der Waals surface area contributed by atoms with Gasteiger partial charge in [0, 0.05) is 5.41 Å². The van der Waals surface area contributed by atoms with Crippen molar-refractivity contribution >= 4 is 28.4 Å². The zero-order chi connectivity index (χ0) is 14.2. The zero-order valence-corrected chi connectivity index (χ0v) is 13.4. The summed E-state index contributed by atoms with van der Waals surface area (Å²) in [7, 11) is 0. The van der Waals surface area contributed by atoms with Gasteiger partial charge in [-0.05, 0) is 40.3 Å². The van der Waals surface area contributed by atoms with E-state index in [4.69, 9.17) is 5.73 Å². The van der Waals surface area contributed by atoms with E-state index in [0.29, 0.717) is 12.4 Å². The van der Waals surface area contributed by atoms with Crippen molar-refractivity contribution in [2.75, 3.05) is 5.73 Å². The minimum absolute atomic E-state index is 0.0430. The minimum atomic E-state index is -0.234. The normalized spacial score (nSPS) is 11.8. The molecule has 5 heteroatoms. The summed E-state index contributed by atoms with van der Waals surface area (Å²) in [6.45, 7) is 6.88. The van der Waals surface area contributed by atoms with Gasteiger partial charge in [0.2, 0.25) is 0 Å². The van der Waals surface area contributed by atoms with Crippen LogP contribution in [0.2, 0.25) is 0 Å². The molecule has 1 aromatic carbocycles. The number of rotatable bonds is 2. The SMILES string of the molecule is CC(C)(C)c1nn(Cc2ccc(F)cc2)c(N)c1I. The highest BCUT2D eigenvalue weighted by Crippen LogP contribution is 2.30. The van der Waals surface area contributed by atoms with Gasteiger partial charge in [0.05, 0.1) is 15.8 Å². The van der Waals surface area contributed by atoms with Crippen LogP contribution >= 0.6 is 22.6 Å². The van der Waals surface area contributed by atoms with E-state index in [1.54, 1.807) is 16.8 Å². The van der Waals surface area contributed by atoms with Crippen molar-refractivity contribution in [1.82, 2.24) is 9.78 Å². The summed E-state index contributed by atoms with van der Waals surface area (Å²) in [4.78, 5) is 0. The first-order valence-electron chi connectivity index (χ1n) is 6.06. The number of nitrogen functional groups attached to an aromatic ring is 1. The summed E-state index contributed by atoms with van der Waals surface area (Å²) >= 11 is 2.23. The Morgan fingerprint density at radius 2 is 1.84 bits per heavy atom. The average Bonchev–Trinajstić information content (AvgIpc) is 2.60. The van der Waals surface area contributed by atoms with Crippen LogP contribution in [-0.4, -0.2) is 9.78 Å². The molecule has 0 unspecified atom stereocenters. The number of nitrogens with zero attached hydrogens (tertiary/aromatic N) is 2. The topological polar surface area (TPSA) is 43.8 Å². The number of benzene rings is 1. The van der Waals surface area contributed by atoms with E-state index in [1.165, 1.54) is 12.1 Å². The molecule has 2 N–H and O–H groups in total. The van der Waals surface area contributed by atoms with Gasteiger partial charge in [-0.25, -0.2) is 9.07 Å². The van der Waals surface area contributed by atoms with Crippen LogP contribution in [0.5, 0.6) is 0 Å². The molecule has 0 radical (unpaired) electrons. The van der Waals surface area contributed by atoms with Crippen LogP contribution in [0, 0.1) is 9.39 Å². The number of anilines is 1. The van der Waals surface area contributed by atoms with Crippen molar-refractivity contribution in [3.63, 3.8) is 0 Å². The molecule has 2 rings (SSSR count). The predicted molar refractivity (Wildman–Crippen MR) is 83.6 cm³/mol. The van der Waals surface area contributed by atoms with Crippen LogP contribution in [-0.2, 0) is 12.0 Å². The van der Waals surface area contributed by atoms with Gasteiger partial charge in [-0.3, -0.25) is 0 Å². The second-order valence-electron chi connectivity index (χ2n) is 5.58. The molecule has 1 heterocycles. The van der Waals surface area contributed by atoms with Crippen LogP contribution in [0.1, 0.15) is 32.0 Å². The smallest absolute Gasteiger partial charge is 0.135 e. The highest BCUT2D eigenvalue weighted by Gasteiger charge is 2.24. The van der Waals surface area contributed by atoms with Crippen molar-refractivity contribution in [3.8, 4) is 0 Å². The molecule has 0 bridgehead atoms. The molecular formula is C14H17FIN3. The molecule has 3 nitrogen and oxygen atoms in total. The first kappa shape index (κ1) is 14.3. The van der Waals surface area contributed by atoms with E-state index in [0.717, 1.165) is 14.8 Å². The molecule has 0 aliphatic rings. The van der Waals surface area contributed by atoms with Crippen LogP contribution in [0.25, 0.3) is 0 Å². The minimum Gasteiger partial charge on any atom is -0.383 e.